The van der Waals surface area contributed by atoms with Crippen LogP contribution in [0.4, 0.5) is 0 Å². The quantitative estimate of drug-likeness (QED) is 0.509. The Morgan fingerprint density at radius 1 is 1.50 bits per heavy atom. The van der Waals surface area contributed by atoms with Crippen LogP contribution in [0.5, 0.6) is 0 Å². The molecule has 0 atom stereocenters. The highest BCUT2D eigenvalue weighted by molar-refractivity contribution is 8.88. The van der Waals surface area contributed by atoms with E-state index in [1.165, 1.54) is 0 Å². The fourth-order valence-corrected chi connectivity index (χ4v) is 2.31. The van der Waals surface area contributed by atoms with Gasteiger partial charge in [0.15, 0.2) is 0 Å². The molecule has 49 valence electrons. The van der Waals surface area contributed by atoms with E-state index in [1.807, 2.05) is 0 Å². The van der Waals surface area contributed by atoms with E-state index in [1.54, 1.807) is 11.6 Å². The Labute approximate surface area is 61.2 Å². The highest BCUT2D eigenvalue weighted by Crippen LogP contribution is 2.70. The van der Waals surface area contributed by atoms with Crippen molar-refractivity contribution in [1.82, 2.24) is 0 Å². The zero-order chi connectivity index (χ0) is 6.62. The first-order chi connectivity index (χ1) is 3.68. The van der Waals surface area contributed by atoms with Gasteiger partial charge in [-0.25, -0.2) is 0 Å². The van der Waals surface area contributed by atoms with Crippen molar-refractivity contribution in [1.29, 1.82) is 0 Å². The molecule has 0 amide bonds. The third-order valence-electron chi connectivity index (χ3n) is 1.20. The first-order valence-electron chi connectivity index (χ1n) is 2.70. The summed E-state index contributed by atoms with van der Waals surface area (Å²) in [5, 5.41) is 3.76. The highest BCUT2D eigenvalue weighted by atomic mass is 33.1. The van der Waals surface area contributed by atoms with Crippen LogP contribution in [0, 0.1) is 0 Å². The molecule has 0 heterocycles. The van der Waals surface area contributed by atoms with Crippen molar-refractivity contribution in [3.05, 3.63) is 0 Å². The maximum atomic E-state index is 5.32. The predicted octanol–water partition coefficient (Wildman–Crippen LogP) is 1.96. The van der Waals surface area contributed by atoms with Crippen LogP contribution in [0.3, 0.4) is 0 Å². The topological polar surface area (TPSA) is 27.6 Å². The largest absolute Gasteiger partial charge is 0.261 e. The van der Waals surface area contributed by atoms with E-state index in [4.69, 9.17) is 12.2 Å². The first-order valence-corrected chi connectivity index (χ1v) is 7.46. The van der Waals surface area contributed by atoms with Crippen LogP contribution in [0.15, 0.2) is 0 Å². The van der Waals surface area contributed by atoms with Crippen molar-refractivity contribution in [3.8, 4) is 0 Å². The van der Waals surface area contributed by atoms with Gasteiger partial charge in [0.05, 0.1) is 12.3 Å². The van der Waals surface area contributed by atoms with Gasteiger partial charge in [-0.3, -0.25) is 5.14 Å². The number of hydrogen-bond donors (Lipinski definition) is 1. The molecule has 0 aliphatic carbocycles. The molecule has 0 unspecified atom stereocenters. The SMILES string of the molecule is CC[P+]([S])(CC)S[NH3+]. The maximum Gasteiger partial charge on any atom is 0.258 e. The van der Waals surface area contributed by atoms with E-state index in [-0.39, 0.29) is 0 Å². The molecule has 0 bridgehead atoms. The molecule has 4 heteroatoms. The smallest absolute Gasteiger partial charge is 0.258 e. The van der Waals surface area contributed by atoms with E-state index >= 15 is 0 Å². The van der Waals surface area contributed by atoms with Crippen LogP contribution >= 0.6 is 29.5 Å². The number of quaternary nitrogens is 1. The summed E-state index contributed by atoms with van der Waals surface area (Å²) >= 11 is 6.97. The minimum absolute atomic E-state index is 1.02. The van der Waals surface area contributed by atoms with Crippen molar-refractivity contribution >= 4 is 29.5 Å². The number of hydrogen-bond acceptors (Lipinski definition) is 1. The summed E-state index contributed by atoms with van der Waals surface area (Å²) in [5.74, 6) is 0. The maximum absolute atomic E-state index is 5.32. The summed E-state index contributed by atoms with van der Waals surface area (Å²) in [6.07, 6.45) is 2.29. The molecule has 3 N–H and O–H groups in total. The van der Waals surface area contributed by atoms with Gasteiger partial charge in [-0.05, 0) is 13.8 Å². The van der Waals surface area contributed by atoms with Gasteiger partial charge in [-0.1, -0.05) is 0 Å². The molecule has 0 aliphatic rings. The Kier molecular flexibility index (Phi) is 4.54. The van der Waals surface area contributed by atoms with Gasteiger partial charge in [-0.15, -0.1) is 0 Å². The van der Waals surface area contributed by atoms with Crippen LogP contribution in [0.25, 0.3) is 0 Å². The lowest BCUT2D eigenvalue weighted by Crippen LogP contribution is -2.36. The summed E-state index contributed by atoms with van der Waals surface area (Å²) in [4.78, 5) is 0. The minimum atomic E-state index is -1.02. The lowest BCUT2D eigenvalue weighted by atomic mass is 11.0. The fourth-order valence-electron chi connectivity index (χ4n) is 0.406. The summed E-state index contributed by atoms with van der Waals surface area (Å²) in [6.45, 7) is 4.31. The normalized spacial score (nSPS) is 12.0. The summed E-state index contributed by atoms with van der Waals surface area (Å²) < 4.78 is 0. The van der Waals surface area contributed by atoms with Crippen LogP contribution in [-0.2, 0) is 0 Å². The molecule has 0 saturated heterocycles. The summed E-state index contributed by atoms with van der Waals surface area (Å²) in [5.41, 5.74) is -1.02. The minimum Gasteiger partial charge on any atom is -0.261 e. The molecule has 0 aromatic heterocycles. The predicted molar refractivity (Wildman–Crippen MR) is 46.1 cm³/mol. The zero-order valence-electron chi connectivity index (χ0n) is 5.39. The van der Waals surface area contributed by atoms with Gasteiger partial charge in [0, 0.05) is 0 Å². The fraction of sp³-hybridized carbons (Fsp3) is 1.00. The van der Waals surface area contributed by atoms with E-state index in [0.29, 0.717) is 0 Å². The Hall–Kier alpha value is 1.09. The molecule has 0 aromatic carbocycles. The Bertz CT molecular complexity index is 56.8. The molecule has 0 aromatic rings. The van der Waals surface area contributed by atoms with Crippen LogP contribution in [0.2, 0.25) is 0 Å². The molecule has 0 spiro atoms. The Balaban J connectivity index is 3.58. The molecule has 0 rings (SSSR count). The Morgan fingerprint density at radius 3 is 1.88 bits per heavy atom. The average Bonchev–Trinajstić information content (AvgIpc) is 1.87. The first kappa shape index (κ1) is 9.09. The monoisotopic (exact) mass is 170 g/mol. The van der Waals surface area contributed by atoms with E-state index in [9.17, 15) is 0 Å². The Morgan fingerprint density at radius 2 is 1.88 bits per heavy atom. The van der Waals surface area contributed by atoms with E-state index in [2.05, 4.69) is 19.0 Å². The van der Waals surface area contributed by atoms with Gasteiger partial charge < -0.3 is 0 Å². The highest BCUT2D eigenvalue weighted by Gasteiger charge is 2.35. The van der Waals surface area contributed by atoms with Crippen molar-refractivity contribution in [2.24, 2.45) is 0 Å². The molecular formula is C4H13NPS2+2. The molecule has 0 aliphatic heterocycles. The second-order valence-electron chi connectivity index (χ2n) is 1.58. The third kappa shape index (κ3) is 2.58. The zero-order valence-corrected chi connectivity index (χ0v) is 7.91. The third-order valence-corrected chi connectivity index (χ3v) is 9.06. The van der Waals surface area contributed by atoms with Gasteiger partial charge >= 0.3 is 0 Å². The van der Waals surface area contributed by atoms with Gasteiger partial charge in [0.2, 0.25) is 5.67 Å². The van der Waals surface area contributed by atoms with E-state index in [0.717, 1.165) is 12.3 Å². The van der Waals surface area contributed by atoms with Crippen molar-refractivity contribution in [2.75, 3.05) is 12.3 Å². The van der Waals surface area contributed by atoms with Crippen molar-refractivity contribution < 1.29 is 5.14 Å². The molecule has 0 saturated carbocycles. The van der Waals surface area contributed by atoms with E-state index < -0.39 is 5.67 Å². The summed E-state index contributed by atoms with van der Waals surface area (Å²) in [6, 6.07) is 0. The van der Waals surface area contributed by atoms with Crippen LogP contribution in [-0.4, -0.2) is 12.3 Å². The van der Waals surface area contributed by atoms with Crippen LogP contribution < -0.4 is 5.14 Å². The lowest BCUT2D eigenvalue weighted by molar-refractivity contribution is -0.132. The van der Waals surface area contributed by atoms with Crippen LogP contribution in [0.1, 0.15) is 13.8 Å². The molecule has 8 heavy (non-hydrogen) atoms. The summed E-state index contributed by atoms with van der Waals surface area (Å²) in [7, 11) is 0. The standard InChI is InChI=1S/C4H12NPS2/c1-3-6(7,4-2)8-5/h3-5H2,1-2H3/q+1/p+1. The second-order valence-corrected chi connectivity index (χ2v) is 10.4. The van der Waals surface area contributed by atoms with Crippen molar-refractivity contribution in [2.45, 2.75) is 13.8 Å². The van der Waals surface area contributed by atoms with Gasteiger partial charge in [-0.2, -0.15) is 0 Å². The lowest BCUT2D eigenvalue weighted by Gasteiger charge is -2.04. The molecule has 0 fully saturated rings. The van der Waals surface area contributed by atoms with Crippen molar-refractivity contribution in [3.63, 3.8) is 0 Å². The van der Waals surface area contributed by atoms with Gasteiger partial charge in [0.1, 0.15) is 12.2 Å². The molecule has 1 nitrogen and oxygen atoms in total. The second kappa shape index (κ2) is 3.99. The van der Waals surface area contributed by atoms with Gasteiger partial charge in [0.25, 0.3) is 11.6 Å². The number of rotatable bonds is 3. The molecule has 1 radical (unpaired) electrons. The average molecular weight is 170 g/mol. The molecular weight excluding hydrogens is 157 g/mol.